The Morgan fingerprint density at radius 3 is 2.08 bits per heavy atom. The van der Waals surface area contributed by atoms with E-state index in [1.165, 1.54) is 19.1 Å². The van der Waals surface area contributed by atoms with Crippen molar-refractivity contribution in [1.82, 2.24) is 5.01 Å². The zero-order valence-electron chi connectivity index (χ0n) is 12.2. The molecule has 1 N–H and O–H groups in total. The summed E-state index contributed by atoms with van der Waals surface area (Å²) in [5, 5.41) is 14.1. The summed E-state index contributed by atoms with van der Waals surface area (Å²) in [6, 6.07) is 1.54. The van der Waals surface area contributed by atoms with Crippen molar-refractivity contribution in [2.45, 2.75) is 30.3 Å². The molecule has 0 bridgehead atoms. The van der Waals surface area contributed by atoms with Gasteiger partial charge >= 0.3 is 24.2 Å². The molecule has 0 fully saturated rings. The predicted octanol–water partition coefficient (Wildman–Crippen LogP) is 3.38. The van der Waals surface area contributed by atoms with E-state index in [1.54, 1.807) is 0 Å². The molecule has 0 amide bonds. The van der Waals surface area contributed by atoms with Gasteiger partial charge in [0.05, 0.1) is 6.21 Å². The van der Waals surface area contributed by atoms with Crippen LogP contribution < -0.4 is 0 Å². The highest BCUT2D eigenvalue weighted by Crippen LogP contribution is 2.53. The molecule has 24 heavy (non-hydrogen) atoms. The van der Waals surface area contributed by atoms with Crippen LogP contribution in [0.3, 0.4) is 0 Å². The molecule has 12 heteroatoms. The normalized spacial score (nSPS) is 15.3. The molecule has 1 aromatic heterocycles. The molecule has 1 rings (SSSR count). The van der Waals surface area contributed by atoms with Gasteiger partial charge in [0.1, 0.15) is 11.5 Å². The van der Waals surface area contributed by atoms with Crippen molar-refractivity contribution in [2.24, 2.45) is 5.10 Å². The lowest BCUT2D eigenvalue weighted by atomic mass is 9.98. The second kappa shape index (κ2) is 6.57. The van der Waals surface area contributed by atoms with E-state index < -0.39 is 36.1 Å². The zero-order chi connectivity index (χ0) is 18.9. The van der Waals surface area contributed by atoms with E-state index >= 15 is 0 Å². The number of hydrogen-bond acceptors (Lipinski definition) is 4. The first kappa shape index (κ1) is 20.2. The molecule has 0 aromatic carbocycles. The van der Waals surface area contributed by atoms with Crippen molar-refractivity contribution < 1.29 is 44.6 Å². The number of nitrogens with zero attached hydrogens (tertiary/aromatic N) is 2. The van der Waals surface area contributed by atoms with Gasteiger partial charge < -0.3 is 14.5 Å². The van der Waals surface area contributed by atoms with Crippen molar-refractivity contribution in [3.63, 3.8) is 0 Å². The third-order valence-electron chi connectivity index (χ3n) is 2.79. The maximum atomic E-state index is 13.5. The van der Waals surface area contributed by atoms with Crippen LogP contribution in [0, 0.1) is 0 Å². The van der Waals surface area contributed by atoms with Crippen molar-refractivity contribution in [3.05, 3.63) is 23.7 Å². The van der Waals surface area contributed by atoms with Crippen LogP contribution in [0.1, 0.15) is 17.6 Å². The molecule has 1 atom stereocenters. The highest BCUT2D eigenvalue weighted by molar-refractivity contribution is 5.75. The lowest BCUT2D eigenvalue weighted by molar-refractivity contribution is -0.358. The van der Waals surface area contributed by atoms with Crippen LogP contribution in [0.4, 0.5) is 35.1 Å². The van der Waals surface area contributed by atoms with E-state index in [0.29, 0.717) is 6.07 Å². The Balaban J connectivity index is 3.14. The minimum atomic E-state index is -6.53. The van der Waals surface area contributed by atoms with E-state index in [4.69, 9.17) is 0 Å². The number of aliphatic hydroxyl groups excluding tert-OH is 1. The minimum Gasteiger partial charge on any atom is -0.457 e. The van der Waals surface area contributed by atoms with Gasteiger partial charge in [0, 0.05) is 14.1 Å². The first-order chi connectivity index (χ1) is 10.7. The molecule has 1 heterocycles. The Bertz CT molecular complexity index is 585. The van der Waals surface area contributed by atoms with Gasteiger partial charge in [0.15, 0.2) is 6.10 Å². The summed E-state index contributed by atoms with van der Waals surface area (Å²) in [6.07, 6.45) is -7.69. The second-order valence-corrected chi connectivity index (χ2v) is 4.86. The summed E-state index contributed by atoms with van der Waals surface area (Å²) in [7, 11) is 2.96. The Hall–Kier alpha value is -1.85. The Morgan fingerprint density at radius 2 is 1.62 bits per heavy atom. The van der Waals surface area contributed by atoms with Gasteiger partial charge in [-0.1, -0.05) is 0 Å². The van der Waals surface area contributed by atoms with Gasteiger partial charge in [-0.2, -0.15) is 31.4 Å². The molecule has 0 spiro atoms. The third-order valence-corrected chi connectivity index (χ3v) is 2.79. The summed E-state index contributed by atoms with van der Waals surface area (Å²) in [4.78, 5) is 0. The Kier molecular flexibility index (Phi) is 5.53. The molecule has 0 aliphatic rings. The van der Waals surface area contributed by atoms with Gasteiger partial charge in [-0.15, -0.1) is 0 Å². The molecule has 0 radical (unpaired) electrons. The smallest absolute Gasteiger partial charge is 0.381 e. The summed E-state index contributed by atoms with van der Waals surface area (Å²) < 4.78 is 108. The SMILES string of the molecule is CN(C)N=Cc1ccc([C@H](O)C(F)(F)C(F)(F)C(F)(F)C(F)F)o1. The maximum Gasteiger partial charge on any atom is 0.381 e. The molecule has 1 aromatic rings. The Morgan fingerprint density at radius 1 is 1.08 bits per heavy atom. The topological polar surface area (TPSA) is 49.0 Å². The fraction of sp³-hybridized carbons (Fsp3) is 0.583. The molecule has 138 valence electrons. The average Bonchev–Trinajstić information content (AvgIpc) is 2.92. The lowest BCUT2D eigenvalue weighted by Gasteiger charge is -2.34. The van der Waals surface area contributed by atoms with E-state index in [2.05, 4.69) is 9.52 Å². The highest BCUT2D eigenvalue weighted by Gasteiger charge is 2.77. The first-order valence-corrected chi connectivity index (χ1v) is 6.15. The number of hydrazone groups is 1. The number of furan rings is 1. The largest absolute Gasteiger partial charge is 0.457 e. The monoisotopic (exact) mass is 368 g/mol. The van der Waals surface area contributed by atoms with Crippen LogP contribution >= 0.6 is 0 Å². The van der Waals surface area contributed by atoms with Crippen LogP contribution in [-0.4, -0.2) is 54.6 Å². The molecule has 0 saturated heterocycles. The van der Waals surface area contributed by atoms with Crippen molar-refractivity contribution in [1.29, 1.82) is 0 Å². The molecule has 0 aliphatic heterocycles. The van der Waals surface area contributed by atoms with Crippen LogP contribution in [-0.2, 0) is 0 Å². The maximum absolute atomic E-state index is 13.5. The van der Waals surface area contributed by atoms with Crippen molar-refractivity contribution >= 4 is 6.21 Å². The van der Waals surface area contributed by atoms with E-state index in [9.17, 15) is 40.2 Å². The number of hydrogen-bond donors (Lipinski definition) is 1. The molecular weight excluding hydrogens is 356 g/mol. The van der Waals surface area contributed by atoms with E-state index in [1.807, 2.05) is 0 Å². The summed E-state index contributed by atoms with van der Waals surface area (Å²) >= 11 is 0. The number of rotatable bonds is 7. The van der Waals surface area contributed by atoms with Gasteiger partial charge in [0.25, 0.3) is 0 Å². The summed E-state index contributed by atoms with van der Waals surface area (Å²) in [6.45, 7) is 0. The molecule has 0 aliphatic carbocycles. The van der Waals surface area contributed by atoms with E-state index in [-0.39, 0.29) is 5.76 Å². The van der Waals surface area contributed by atoms with Gasteiger partial charge in [-0.25, -0.2) is 8.78 Å². The fourth-order valence-electron chi connectivity index (χ4n) is 1.47. The lowest BCUT2D eigenvalue weighted by Crippen LogP contribution is -2.59. The average molecular weight is 368 g/mol. The molecule has 0 unspecified atom stereocenters. The van der Waals surface area contributed by atoms with Crippen LogP contribution in [0.25, 0.3) is 0 Å². The number of halogens is 8. The van der Waals surface area contributed by atoms with E-state index in [0.717, 1.165) is 12.3 Å². The summed E-state index contributed by atoms with van der Waals surface area (Å²) in [5.41, 5.74) is 0. The van der Waals surface area contributed by atoms with Crippen LogP contribution in [0.5, 0.6) is 0 Å². The standard InChI is InChI=1S/C12H12F8N2O2/c1-22(2)21-5-6-3-4-7(24-6)8(23)10(15,16)12(19,20)11(17,18)9(13)14/h3-5,8-9,23H,1-2H3/t8-/m0/s1. The van der Waals surface area contributed by atoms with Crippen molar-refractivity contribution in [2.75, 3.05) is 14.1 Å². The molecule has 4 nitrogen and oxygen atoms in total. The third kappa shape index (κ3) is 3.47. The Labute approximate surface area is 130 Å². The zero-order valence-corrected chi connectivity index (χ0v) is 12.2. The highest BCUT2D eigenvalue weighted by atomic mass is 19.4. The van der Waals surface area contributed by atoms with Gasteiger partial charge in [0.2, 0.25) is 0 Å². The minimum absolute atomic E-state index is 0.266. The second-order valence-electron chi connectivity index (χ2n) is 4.86. The first-order valence-electron chi connectivity index (χ1n) is 6.15. The summed E-state index contributed by atoms with van der Waals surface area (Å²) in [5.74, 6) is -20.3. The van der Waals surface area contributed by atoms with Crippen molar-refractivity contribution in [3.8, 4) is 0 Å². The van der Waals surface area contributed by atoms with Crippen LogP contribution in [0.15, 0.2) is 21.7 Å². The van der Waals surface area contributed by atoms with Gasteiger partial charge in [-0.05, 0) is 12.1 Å². The number of aliphatic hydroxyl groups is 1. The number of alkyl halides is 8. The molecular formula is C12H12F8N2O2. The quantitative estimate of drug-likeness (QED) is 0.456. The predicted molar refractivity (Wildman–Crippen MR) is 65.8 cm³/mol. The molecule has 0 saturated carbocycles. The fourth-order valence-corrected chi connectivity index (χ4v) is 1.47. The van der Waals surface area contributed by atoms with Gasteiger partial charge in [-0.3, -0.25) is 0 Å². The van der Waals surface area contributed by atoms with Crippen LogP contribution in [0.2, 0.25) is 0 Å².